The molecule has 7 heteroatoms. The van der Waals surface area contributed by atoms with Crippen molar-refractivity contribution in [1.29, 1.82) is 0 Å². The molecule has 0 aromatic heterocycles. The number of benzene rings is 1. The van der Waals surface area contributed by atoms with Crippen LogP contribution in [0.5, 0.6) is 5.75 Å². The Kier molecular flexibility index (Phi) is 6.80. The molecule has 1 N–H and O–H groups in total. The van der Waals surface area contributed by atoms with E-state index in [4.69, 9.17) is 4.74 Å². The average Bonchev–Trinajstić information content (AvgIpc) is 3.35. The quantitative estimate of drug-likeness (QED) is 0.848. The summed E-state index contributed by atoms with van der Waals surface area (Å²) >= 11 is 0. The van der Waals surface area contributed by atoms with Crippen molar-refractivity contribution >= 4 is 18.3 Å². The van der Waals surface area contributed by atoms with Gasteiger partial charge in [0.25, 0.3) is 0 Å². The SMILES string of the molecule is Cl.O=C(CNCC1CC1)N1CCC(Oc2ccc(F)cc2F)CC1. The van der Waals surface area contributed by atoms with Gasteiger partial charge in [0, 0.05) is 32.0 Å². The number of halogens is 3. The van der Waals surface area contributed by atoms with Crippen molar-refractivity contribution in [3.63, 3.8) is 0 Å². The number of piperidine rings is 1. The highest BCUT2D eigenvalue weighted by molar-refractivity contribution is 5.85. The zero-order valence-corrected chi connectivity index (χ0v) is 14.3. The number of rotatable bonds is 6. The molecule has 0 atom stereocenters. The Balaban J connectivity index is 0.00000208. The molecule has 4 nitrogen and oxygen atoms in total. The number of likely N-dealkylation sites (tertiary alicyclic amines) is 1. The summed E-state index contributed by atoms with van der Waals surface area (Å²) < 4.78 is 32.1. The van der Waals surface area contributed by atoms with Gasteiger partial charge in [-0.25, -0.2) is 8.78 Å². The van der Waals surface area contributed by atoms with E-state index in [1.165, 1.54) is 25.0 Å². The Morgan fingerprint density at radius 2 is 1.92 bits per heavy atom. The molecule has 2 aliphatic rings. The van der Waals surface area contributed by atoms with E-state index in [9.17, 15) is 13.6 Å². The summed E-state index contributed by atoms with van der Waals surface area (Å²) in [5.74, 6) is -0.367. The molecule has 1 aliphatic carbocycles. The number of nitrogens with one attached hydrogen (secondary N) is 1. The summed E-state index contributed by atoms with van der Waals surface area (Å²) in [5, 5.41) is 3.20. The van der Waals surface area contributed by atoms with Crippen molar-refractivity contribution in [3.8, 4) is 5.75 Å². The van der Waals surface area contributed by atoms with E-state index in [0.29, 0.717) is 32.5 Å². The van der Waals surface area contributed by atoms with E-state index in [0.717, 1.165) is 18.5 Å². The fourth-order valence-electron chi connectivity index (χ4n) is 2.79. The summed E-state index contributed by atoms with van der Waals surface area (Å²) in [6, 6.07) is 3.31. The first-order valence-electron chi connectivity index (χ1n) is 8.22. The molecule has 0 bridgehead atoms. The van der Waals surface area contributed by atoms with E-state index >= 15 is 0 Å². The highest BCUT2D eigenvalue weighted by atomic mass is 35.5. The minimum atomic E-state index is -0.687. The smallest absolute Gasteiger partial charge is 0.236 e. The van der Waals surface area contributed by atoms with E-state index in [1.54, 1.807) is 0 Å². The highest BCUT2D eigenvalue weighted by Gasteiger charge is 2.25. The molecule has 0 spiro atoms. The fourth-order valence-corrected chi connectivity index (χ4v) is 2.79. The van der Waals surface area contributed by atoms with Gasteiger partial charge in [0.2, 0.25) is 5.91 Å². The van der Waals surface area contributed by atoms with Gasteiger partial charge in [-0.15, -0.1) is 12.4 Å². The molecule has 0 unspecified atom stereocenters. The average molecular weight is 361 g/mol. The van der Waals surface area contributed by atoms with Crippen LogP contribution in [0.2, 0.25) is 0 Å². The molecule has 1 saturated carbocycles. The summed E-state index contributed by atoms with van der Waals surface area (Å²) in [4.78, 5) is 13.9. The third-order valence-electron chi connectivity index (χ3n) is 4.39. The normalized spacial score (nSPS) is 18.2. The predicted octanol–water partition coefficient (Wildman–Crippen LogP) is 2.76. The topological polar surface area (TPSA) is 41.6 Å². The number of nitrogens with zero attached hydrogens (tertiary/aromatic N) is 1. The third kappa shape index (κ3) is 5.31. The molecular weight excluding hydrogens is 338 g/mol. The Hall–Kier alpha value is -1.40. The van der Waals surface area contributed by atoms with Crippen molar-refractivity contribution in [1.82, 2.24) is 10.2 Å². The molecule has 1 amide bonds. The zero-order valence-electron chi connectivity index (χ0n) is 13.5. The number of carbonyl (C=O) groups is 1. The minimum Gasteiger partial charge on any atom is -0.487 e. The molecule has 1 aromatic rings. The standard InChI is InChI=1S/C17H22F2N2O2.ClH/c18-13-3-4-16(15(19)9-13)23-14-5-7-21(8-6-14)17(22)11-20-10-12-1-2-12;/h3-4,9,12,14,20H,1-2,5-8,10-11H2;1H. The van der Waals surface area contributed by atoms with Crippen LogP contribution < -0.4 is 10.1 Å². The number of hydrogen-bond acceptors (Lipinski definition) is 3. The molecule has 2 fully saturated rings. The van der Waals surface area contributed by atoms with E-state index in [-0.39, 0.29) is 30.2 Å². The van der Waals surface area contributed by atoms with Crippen LogP contribution in [0.15, 0.2) is 18.2 Å². The second-order valence-electron chi connectivity index (χ2n) is 6.35. The van der Waals surface area contributed by atoms with Gasteiger partial charge in [0.1, 0.15) is 11.9 Å². The number of carbonyl (C=O) groups excluding carboxylic acids is 1. The van der Waals surface area contributed by atoms with Crippen LogP contribution in [0.3, 0.4) is 0 Å². The van der Waals surface area contributed by atoms with Gasteiger partial charge in [-0.2, -0.15) is 0 Å². The largest absolute Gasteiger partial charge is 0.487 e. The van der Waals surface area contributed by atoms with Crippen LogP contribution in [-0.4, -0.2) is 43.1 Å². The molecule has 24 heavy (non-hydrogen) atoms. The van der Waals surface area contributed by atoms with Gasteiger partial charge in [-0.3, -0.25) is 4.79 Å². The van der Waals surface area contributed by atoms with Crippen molar-refractivity contribution in [2.24, 2.45) is 5.92 Å². The maximum Gasteiger partial charge on any atom is 0.236 e. The lowest BCUT2D eigenvalue weighted by Gasteiger charge is -2.32. The molecule has 134 valence electrons. The molecule has 1 aromatic carbocycles. The first-order chi connectivity index (χ1) is 11.1. The molecular formula is C17H23ClF2N2O2. The minimum absolute atomic E-state index is 0. The molecule has 1 aliphatic heterocycles. The fraction of sp³-hybridized carbons (Fsp3) is 0.588. The van der Waals surface area contributed by atoms with Crippen molar-refractivity contribution in [2.45, 2.75) is 31.8 Å². The van der Waals surface area contributed by atoms with E-state index in [1.807, 2.05) is 4.90 Å². The van der Waals surface area contributed by atoms with Crippen LogP contribution in [0.4, 0.5) is 8.78 Å². The number of hydrogen-bond donors (Lipinski definition) is 1. The summed E-state index contributed by atoms with van der Waals surface area (Å²) in [5.41, 5.74) is 0. The molecule has 0 radical (unpaired) electrons. The Morgan fingerprint density at radius 3 is 2.54 bits per heavy atom. The van der Waals surface area contributed by atoms with Crippen LogP contribution >= 0.6 is 12.4 Å². The first-order valence-corrected chi connectivity index (χ1v) is 8.22. The van der Waals surface area contributed by atoms with Gasteiger partial charge < -0.3 is 15.0 Å². The van der Waals surface area contributed by atoms with Gasteiger partial charge in [-0.1, -0.05) is 0 Å². The molecule has 1 heterocycles. The second kappa shape index (κ2) is 8.62. The Morgan fingerprint density at radius 1 is 1.21 bits per heavy atom. The van der Waals surface area contributed by atoms with Gasteiger partial charge in [0.15, 0.2) is 11.6 Å². The van der Waals surface area contributed by atoms with E-state index < -0.39 is 11.6 Å². The van der Waals surface area contributed by atoms with Crippen LogP contribution in [-0.2, 0) is 4.79 Å². The van der Waals surface area contributed by atoms with Gasteiger partial charge in [0.05, 0.1) is 6.54 Å². The van der Waals surface area contributed by atoms with Gasteiger partial charge >= 0.3 is 0 Å². The number of amides is 1. The first kappa shape index (κ1) is 18.9. The lowest BCUT2D eigenvalue weighted by atomic mass is 10.1. The third-order valence-corrected chi connectivity index (χ3v) is 4.39. The van der Waals surface area contributed by atoms with Crippen molar-refractivity contribution in [3.05, 3.63) is 29.8 Å². The highest BCUT2D eigenvalue weighted by Crippen LogP contribution is 2.27. The van der Waals surface area contributed by atoms with Crippen molar-refractivity contribution < 1.29 is 18.3 Å². The van der Waals surface area contributed by atoms with Crippen LogP contribution in [0.25, 0.3) is 0 Å². The summed E-state index contributed by atoms with van der Waals surface area (Å²) in [6.45, 7) is 2.53. The van der Waals surface area contributed by atoms with Crippen molar-refractivity contribution in [2.75, 3.05) is 26.2 Å². The van der Waals surface area contributed by atoms with Crippen LogP contribution in [0, 0.1) is 17.6 Å². The van der Waals surface area contributed by atoms with E-state index in [2.05, 4.69) is 5.32 Å². The maximum absolute atomic E-state index is 13.6. The second-order valence-corrected chi connectivity index (χ2v) is 6.35. The zero-order chi connectivity index (χ0) is 16.2. The summed E-state index contributed by atoms with van der Waals surface area (Å²) in [7, 11) is 0. The lowest BCUT2D eigenvalue weighted by Crippen LogP contribution is -2.45. The Labute approximate surface area is 147 Å². The molecule has 1 saturated heterocycles. The Bertz CT molecular complexity index is 562. The monoisotopic (exact) mass is 360 g/mol. The lowest BCUT2D eigenvalue weighted by molar-refractivity contribution is -0.132. The summed E-state index contributed by atoms with van der Waals surface area (Å²) in [6.07, 6.45) is 3.71. The predicted molar refractivity (Wildman–Crippen MR) is 89.4 cm³/mol. The maximum atomic E-state index is 13.6. The number of ether oxygens (including phenoxy) is 1. The van der Waals surface area contributed by atoms with Gasteiger partial charge in [-0.05, 0) is 37.4 Å². The molecule has 3 rings (SSSR count). The van der Waals surface area contributed by atoms with Crippen LogP contribution in [0.1, 0.15) is 25.7 Å².